The summed E-state index contributed by atoms with van der Waals surface area (Å²) in [6.45, 7) is 0. The van der Waals surface area contributed by atoms with Gasteiger partial charge in [-0.1, -0.05) is 17.7 Å². The number of hydrogen-bond acceptors (Lipinski definition) is 4. The van der Waals surface area contributed by atoms with E-state index >= 15 is 0 Å². The number of halogens is 5. The second-order valence-corrected chi connectivity index (χ2v) is 12.2. The van der Waals surface area contributed by atoms with E-state index in [0.717, 1.165) is 30.5 Å². The van der Waals surface area contributed by atoms with E-state index in [0.29, 0.717) is 36.5 Å². The first kappa shape index (κ1) is 32.2. The standard InChI is InChI=1S/C35H32F5N3O4/c1-41-32(44)19-5-10-27(36)23(15-19)18-6-12-29(47-2)25(14-18)33(45)43-31-22-9-8-21(24(22)13-17-3-4-17)30(31)34(46)42-20-7-11-28(37)26(16-20)35(38,39)40/h5-7,10-17,21-22,30-31H,3-4,8-9H2,1-2H3,(H,41,44)(H,42,46)(H,43,45)/b24-13-/t21?,22?,30-,31+/m0/s1. The van der Waals surface area contributed by atoms with Crippen molar-refractivity contribution in [3.63, 3.8) is 0 Å². The second kappa shape index (κ2) is 12.5. The molecule has 3 aromatic rings. The summed E-state index contributed by atoms with van der Waals surface area (Å²) in [4.78, 5) is 39.9. The van der Waals surface area contributed by atoms with E-state index < -0.39 is 53.1 Å². The maximum absolute atomic E-state index is 15.0. The molecule has 0 aliphatic heterocycles. The Kier molecular flexibility index (Phi) is 8.54. The van der Waals surface area contributed by atoms with Gasteiger partial charge in [0.05, 0.1) is 24.2 Å². The van der Waals surface area contributed by atoms with Gasteiger partial charge in [-0.3, -0.25) is 14.4 Å². The van der Waals surface area contributed by atoms with Gasteiger partial charge in [-0.2, -0.15) is 13.2 Å². The third-order valence-electron chi connectivity index (χ3n) is 9.30. The zero-order valence-corrected chi connectivity index (χ0v) is 25.5. The van der Waals surface area contributed by atoms with Crippen LogP contribution in [0.1, 0.15) is 52.0 Å². The fourth-order valence-corrected chi connectivity index (χ4v) is 6.92. The summed E-state index contributed by atoms with van der Waals surface area (Å²) in [5, 5.41) is 8.03. The van der Waals surface area contributed by atoms with Crippen LogP contribution in [0.3, 0.4) is 0 Å². The molecule has 12 heteroatoms. The monoisotopic (exact) mass is 653 g/mol. The molecule has 7 nitrogen and oxygen atoms in total. The van der Waals surface area contributed by atoms with Crippen LogP contribution in [0.5, 0.6) is 5.75 Å². The summed E-state index contributed by atoms with van der Waals surface area (Å²) in [6.07, 6.45) is 0.640. The fraction of sp³-hybridized carbons (Fsp3) is 0.343. The topological polar surface area (TPSA) is 96.5 Å². The lowest BCUT2D eigenvalue weighted by molar-refractivity contribution is -0.140. The molecule has 3 N–H and O–H groups in total. The van der Waals surface area contributed by atoms with Crippen LogP contribution in [-0.4, -0.2) is 37.9 Å². The number of alkyl halides is 3. The van der Waals surface area contributed by atoms with Crippen molar-refractivity contribution < 1.29 is 41.1 Å². The number of benzene rings is 3. The number of fused-ring (bicyclic) bond motifs is 2. The Hall–Kier alpha value is -4.74. The van der Waals surface area contributed by atoms with Crippen LogP contribution in [0, 0.1) is 35.3 Å². The van der Waals surface area contributed by atoms with Crippen LogP contribution < -0.4 is 20.7 Å². The highest BCUT2D eigenvalue weighted by Gasteiger charge is 2.55. The van der Waals surface area contributed by atoms with Crippen molar-refractivity contribution in [3.8, 4) is 16.9 Å². The number of allylic oxidation sites excluding steroid dienone is 1. The van der Waals surface area contributed by atoms with Gasteiger partial charge in [-0.25, -0.2) is 8.78 Å². The number of methoxy groups -OCH3 is 1. The molecular formula is C35H32F5N3O4. The van der Waals surface area contributed by atoms with Crippen molar-refractivity contribution in [2.24, 2.45) is 23.7 Å². The molecule has 0 aromatic heterocycles. The van der Waals surface area contributed by atoms with Gasteiger partial charge >= 0.3 is 6.18 Å². The average Bonchev–Trinajstić information content (AvgIpc) is 3.72. The van der Waals surface area contributed by atoms with Crippen LogP contribution in [0.25, 0.3) is 11.1 Å². The number of amides is 3. The molecule has 6 rings (SSSR count). The molecule has 4 atom stereocenters. The van der Waals surface area contributed by atoms with Crippen molar-refractivity contribution in [1.82, 2.24) is 10.6 Å². The molecule has 47 heavy (non-hydrogen) atoms. The van der Waals surface area contributed by atoms with Crippen LogP contribution in [-0.2, 0) is 11.0 Å². The average molecular weight is 654 g/mol. The zero-order valence-electron chi connectivity index (χ0n) is 25.5. The number of carbonyl (C=O) groups excluding carboxylic acids is 3. The number of ether oxygens (including phenoxy) is 1. The molecule has 2 bridgehead atoms. The summed E-state index contributed by atoms with van der Waals surface area (Å²) in [5.74, 6) is -4.28. The van der Waals surface area contributed by atoms with Gasteiger partial charge in [0.1, 0.15) is 17.4 Å². The van der Waals surface area contributed by atoms with Gasteiger partial charge in [0, 0.05) is 35.8 Å². The molecule has 0 radical (unpaired) electrons. The van der Waals surface area contributed by atoms with Crippen molar-refractivity contribution in [3.05, 3.63) is 94.6 Å². The molecule has 3 fully saturated rings. The highest BCUT2D eigenvalue weighted by atomic mass is 19.4. The Bertz CT molecular complexity index is 1790. The first-order valence-electron chi connectivity index (χ1n) is 15.3. The molecule has 3 amide bonds. The predicted octanol–water partition coefficient (Wildman–Crippen LogP) is 6.75. The molecule has 0 saturated heterocycles. The number of carbonyl (C=O) groups is 3. The lowest BCUT2D eigenvalue weighted by atomic mass is 9.83. The smallest absolute Gasteiger partial charge is 0.419 e. The van der Waals surface area contributed by atoms with Crippen LogP contribution in [0.15, 0.2) is 66.2 Å². The summed E-state index contributed by atoms with van der Waals surface area (Å²) in [7, 11) is 2.83. The Labute approximate surface area is 267 Å². The van der Waals surface area contributed by atoms with E-state index in [-0.39, 0.29) is 40.0 Å². The minimum absolute atomic E-state index is 0.0674. The van der Waals surface area contributed by atoms with Gasteiger partial charge in [0.15, 0.2) is 0 Å². The SMILES string of the molecule is CNC(=O)c1ccc(F)c(-c2ccc(OC)c(C(=O)N[C@@H]3C4CCC(/C4=C/C4CC4)[C@@H]3C(=O)Nc3ccc(F)c(C(F)(F)F)c3)c2)c1. The Balaban J connectivity index is 1.32. The highest BCUT2D eigenvalue weighted by molar-refractivity contribution is 6.00. The predicted molar refractivity (Wildman–Crippen MR) is 164 cm³/mol. The van der Waals surface area contributed by atoms with Gasteiger partial charge < -0.3 is 20.7 Å². The molecule has 0 heterocycles. The second-order valence-electron chi connectivity index (χ2n) is 12.2. The van der Waals surface area contributed by atoms with Crippen molar-refractivity contribution in [2.75, 3.05) is 19.5 Å². The van der Waals surface area contributed by atoms with Crippen LogP contribution >= 0.6 is 0 Å². The molecule has 246 valence electrons. The van der Waals surface area contributed by atoms with Crippen molar-refractivity contribution in [2.45, 2.75) is 37.9 Å². The normalized spacial score (nSPS) is 22.7. The number of nitrogens with one attached hydrogen (secondary N) is 3. The van der Waals surface area contributed by atoms with Gasteiger partial charge in [0.25, 0.3) is 11.8 Å². The highest BCUT2D eigenvalue weighted by Crippen LogP contribution is 2.54. The zero-order chi connectivity index (χ0) is 33.6. The molecule has 3 aliphatic carbocycles. The largest absolute Gasteiger partial charge is 0.496 e. The maximum atomic E-state index is 15.0. The third-order valence-corrected chi connectivity index (χ3v) is 9.30. The summed E-state index contributed by atoms with van der Waals surface area (Å²) in [5.41, 5.74) is 0.0469. The summed E-state index contributed by atoms with van der Waals surface area (Å²) in [6, 6.07) is 9.98. The molecular weight excluding hydrogens is 621 g/mol. The van der Waals surface area contributed by atoms with E-state index in [1.54, 1.807) is 6.07 Å². The number of hydrogen-bond donors (Lipinski definition) is 3. The van der Waals surface area contributed by atoms with Crippen molar-refractivity contribution in [1.29, 1.82) is 0 Å². The van der Waals surface area contributed by atoms with Gasteiger partial charge in [-0.15, -0.1) is 0 Å². The first-order chi connectivity index (χ1) is 22.4. The summed E-state index contributed by atoms with van der Waals surface area (Å²) >= 11 is 0. The lowest BCUT2D eigenvalue weighted by Crippen LogP contribution is -2.48. The maximum Gasteiger partial charge on any atom is 0.419 e. The van der Waals surface area contributed by atoms with E-state index in [1.807, 2.05) is 0 Å². The molecule has 0 spiro atoms. The third kappa shape index (κ3) is 6.33. The first-order valence-corrected chi connectivity index (χ1v) is 15.3. The minimum atomic E-state index is -4.95. The number of rotatable bonds is 8. The summed E-state index contributed by atoms with van der Waals surface area (Å²) < 4.78 is 74.4. The van der Waals surface area contributed by atoms with Crippen LogP contribution in [0.4, 0.5) is 27.6 Å². The van der Waals surface area contributed by atoms with E-state index in [9.17, 15) is 36.3 Å². The van der Waals surface area contributed by atoms with Crippen molar-refractivity contribution >= 4 is 23.4 Å². The Morgan fingerprint density at radius 2 is 1.60 bits per heavy atom. The molecule has 3 aliphatic rings. The van der Waals surface area contributed by atoms with Gasteiger partial charge in [-0.05, 0) is 91.6 Å². The van der Waals surface area contributed by atoms with Crippen LogP contribution in [0.2, 0.25) is 0 Å². The minimum Gasteiger partial charge on any atom is -0.496 e. The Morgan fingerprint density at radius 1 is 0.872 bits per heavy atom. The molecule has 3 saturated carbocycles. The van der Waals surface area contributed by atoms with Gasteiger partial charge in [0.2, 0.25) is 5.91 Å². The van der Waals surface area contributed by atoms with E-state index in [4.69, 9.17) is 4.74 Å². The van der Waals surface area contributed by atoms with E-state index in [2.05, 4.69) is 22.0 Å². The Morgan fingerprint density at radius 3 is 2.28 bits per heavy atom. The molecule has 3 aromatic carbocycles. The lowest BCUT2D eigenvalue weighted by Gasteiger charge is -2.30. The molecule has 2 unspecified atom stereocenters. The fourth-order valence-electron chi connectivity index (χ4n) is 6.92. The quantitative estimate of drug-likeness (QED) is 0.185. The number of anilines is 1. The van der Waals surface area contributed by atoms with E-state index in [1.165, 1.54) is 38.4 Å².